The third-order valence-electron chi connectivity index (χ3n) is 4.43. The second-order valence-corrected chi connectivity index (χ2v) is 6.50. The first-order valence-corrected chi connectivity index (χ1v) is 8.22. The lowest BCUT2D eigenvalue weighted by Crippen LogP contribution is -2.49. The largest absolute Gasteiger partial charge is 0.336 e. The van der Waals surface area contributed by atoms with Crippen LogP contribution in [-0.4, -0.2) is 39.9 Å². The Morgan fingerprint density at radius 3 is 2.50 bits per heavy atom. The van der Waals surface area contributed by atoms with Gasteiger partial charge in [-0.25, -0.2) is 0 Å². The normalized spacial score (nSPS) is 15.8. The average molecular weight is 325 g/mol. The van der Waals surface area contributed by atoms with Crippen molar-refractivity contribution in [1.82, 2.24) is 14.4 Å². The fourth-order valence-electron chi connectivity index (χ4n) is 3.04. The van der Waals surface area contributed by atoms with Crippen LogP contribution in [0.15, 0.2) is 47.4 Å². The summed E-state index contributed by atoms with van der Waals surface area (Å²) in [6.07, 6.45) is 1.77. The molecule has 0 unspecified atom stereocenters. The van der Waals surface area contributed by atoms with E-state index in [-0.39, 0.29) is 11.5 Å². The minimum Gasteiger partial charge on any atom is -0.336 e. The number of carbonyl (C=O) groups is 1. The van der Waals surface area contributed by atoms with Crippen molar-refractivity contribution in [3.63, 3.8) is 0 Å². The van der Waals surface area contributed by atoms with Crippen LogP contribution in [0.3, 0.4) is 0 Å². The van der Waals surface area contributed by atoms with Gasteiger partial charge in [0.15, 0.2) is 0 Å². The second kappa shape index (κ2) is 7.01. The van der Waals surface area contributed by atoms with Gasteiger partial charge in [-0.3, -0.25) is 14.5 Å². The van der Waals surface area contributed by atoms with Crippen molar-refractivity contribution in [2.24, 2.45) is 7.05 Å². The summed E-state index contributed by atoms with van der Waals surface area (Å²) in [5, 5.41) is 0. The van der Waals surface area contributed by atoms with Gasteiger partial charge < -0.3 is 9.47 Å². The van der Waals surface area contributed by atoms with Gasteiger partial charge in [-0.2, -0.15) is 0 Å². The van der Waals surface area contributed by atoms with Gasteiger partial charge in [-0.05, 0) is 24.1 Å². The van der Waals surface area contributed by atoms with Crippen molar-refractivity contribution in [2.45, 2.75) is 20.0 Å². The summed E-state index contributed by atoms with van der Waals surface area (Å²) in [4.78, 5) is 28.1. The van der Waals surface area contributed by atoms with E-state index in [1.165, 1.54) is 11.1 Å². The number of aromatic nitrogens is 1. The Bertz CT molecular complexity index is 797. The summed E-state index contributed by atoms with van der Waals surface area (Å²) in [5.74, 6) is 0.145. The first kappa shape index (κ1) is 16.5. The standard InChI is InChI=1S/C19H23N3O2/c1-15-4-3-5-16(10-15)13-22-9-8-21(14-19(22)24)12-17-6-7-20(2)18(23)11-17/h3-7,10-11H,8-9,12-14H2,1-2H3. The van der Waals surface area contributed by atoms with Crippen LogP contribution in [0.1, 0.15) is 16.7 Å². The number of aryl methyl sites for hydroxylation is 2. The average Bonchev–Trinajstić information content (AvgIpc) is 2.54. The van der Waals surface area contributed by atoms with E-state index in [2.05, 4.69) is 30.0 Å². The molecule has 2 heterocycles. The second-order valence-electron chi connectivity index (χ2n) is 6.50. The van der Waals surface area contributed by atoms with Gasteiger partial charge in [-0.15, -0.1) is 0 Å². The zero-order valence-corrected chi connectivity index (χ0v) is 14.2. The van der Waals surface area contributed by atoms with E-state index in [0.29, 0.717) is 19.6 Å². The molecular formula is C19H23N3O2. The third kappa shape index (κ3) is 3.92. The van der Waals surface area contributed by atoms with Crippen LogP contribution in [0.2, 0.25) is 0 Å². The van der Waals surface area contributed by atoms with Crippen molar-refractivity contribution in [1.29, 1.82) is 0 Å². The van der Waals surface area contributed by atoms with E-state index in [1.807, 2.05) is 17.0 Å². The molecular weight excluding hydrogens is 302 g/mol. The maximum atomic E-state index is 12.4. The Morgan fingerprint density at radius 1 is 1.00 bits per heavy atom. The van der Waals surface area contributed by atoms with E-state index in [4.69, 9.17) is 0 Å². The predicted octanol–water partition coefficient (Wildman–Crippen LogP) is 1.54. The number of hydrogen-bond acceptors (Lipinski definition) is 3. The van der Waals surface area contributed by atoms with Crippen LogP contribution in [0.5, 0.6) is 0 Å². The predicted molar refractivity (Wildman–Crippen MR) is 93.6 cm³/mol. The van der Waals surface area contributed by atoms with Crippen LogP contribution in [0.4, 0.5) is 0 Å². The molecule has 1 aliphatic heterocycles. The first-order chi connectivity index (χ1) is 11.5. The minimum atomic E-state index is -0.0168. The Hall–Kier alpha value is -2.40. The van der Waals surface area contributed by atoms with Gasteiger partial charge in [0.05, 0.1) is 6.54 Å². The minimum absolute atomic E-state index is 0.0168. The summed E-state index contributed by atoms with van der Waals surface area (Å²) in [7, 11) is 1.74. The summed E-state index contributed by atoms with van der Waals surface area (Å²) in [5.41, 5.74) is 3.32. The molecule has 1 aromatic carbocycles. The number of nitrogens with zero attached hydrogens (tertiary/aromatic N) is 3. The quantitative estimate of drug-likeness (QED) is 0.856. The molecule has 1 saturated heterocycles. The Kier molecular flexibility index (Phi) is 4.81. The lowest BCUT2D eigenvalue weighted by atomic mass is 10.1. The van der Waals surface area contributed by atoms with Crippen LogP contribution in [0, 0.1) is 6.92 Å². The van der Waals surface area contributed by atoms with Gasteiger partial charge in [0, 0.05) is 45.5 Å². The molecule has 0 N–H and O–H groups in total. The number of carbonyl (C=O) groups excluding carboxylic acids is 1. The molecule has 1 amide bonds. The van der Waals surface area contributed by atoms with Crippen molar-refractivity contribution < 1.29 is 4.79 Å². The van der Waals surface area contributed by atoms with E-state index < -0.39 is 0 Å². The number of piperazine rings is 1. The van der Waals surface area contributed by atoms with Gasteiger partial charge in [0.1, 0.15) is 0 Å². The lowest BCUT2D eigenvalue weighted by molar-refractivity contribution is -0.136. The van der Waals surface area contributed by atoms with E-state index in [1.54, 1.807) is 23.9 Å². The molecule has 126 valence electrons. The number of benzene rings is 1. The van der Waals surface area contributed by atoms with Crippen molar-refractivity contribution in [2.75, 3.05) is 19.6 Å². The molecule has 0 atom stereocenters. The zero-order valence-electron chi connectivity index (χ0n) is 14.2. The monoisotopic (exact) mass is 325 g/mol. The molecule has 0 radical (unpaired) electrons. The summed E-state index contributed by atoms with van der Waals surface area (Å²) >= 11 is 0. The maximum absolute atomic E-state index is 12.4. The molecule has 2 aromatic rings. The van der Waals surface area contributed by atoms with E-state index >= 15 is 0 Å². The van der Waals surface area contributed by atoms with Crippen LogP contribution < -0.4 is 5.56 Å². The molecule has 1 aliphatic rings. The maximum Gasteiger partial charge on any atom is 0.250 e. The fraction of sp³-hybridized carbons (Fsp3) is 0.368. The van der Waals surface area contributed by atoms with E-state index in [9.17, 15) is 9.59 Å². The van der Waals surface area contributed by atoms with Gasteiger partial charge in [-0.1, -0.05) is 29.8 Å². The molecule has 3 rings (SSSR count). The topological polar surface area (TPSA) is 45.5 Å². The highest BCUT2D eigenvalue weighted by Gasteiger charge is 2.24. The van der Waals surface area contributed by atoms with Crippen molar-refractivity contribution in [3.05, 3.63) is 69.6 Å². The van der Waals surface area contributed by atoms with Crippen molar-refractivity contribution >= 4 is 5.91 Å². The SMILES string of the molecule is Cc1cccc(CN2CCN(Cc3ccn(C)c(=O)c3)CC2=O)c1. The number of rotatable bonds is 4. The molecule has 5 heteroatoms. The molecule has 0 aliphatic carbocycles. The number of hydrogen-bond donors (Lipinski definition) is 0. The summed E-state index contributed by atoms with van der Waals surface area (Å²) < 4.78 is 1.55. The highest BCUT2D eigenvalue weighted by atomic mass is 16.2. The van der Waals surface area contributed by atoms with E-state index in [0.717, 1.165) is 18.7 Å². The fourth-order valence-corrected chi connectivity index (χ4v) is 3.04. The molecule has 0 bridgehead atoms. The first-order valence-electron chi connectivity index (χ1n) is 8.22. The molecule has 24 heavy (non-hydrogen) atoms. The third-order valence-corrected chi connectivity index (χ3v) is 4.43. The Morgan fingerprint density at radius 2 is 1.79 bits per heavy atom. The van der Waals surface area contributed by atoms with Crippen LogP contribution in [-0.2, 0) is 24.9 Å². The highest BCUT2D eigenvalue weighted by molar-refractivity contribution is 5.79. The smallest absolute Gasteiger partial charge is 0.250 e. The van der Waals surface area contributed by atoms with Crippen LogP contribution >= 0.6 is 0 Å². The molecule has 0 spiro atoms. The van der Waals surface area contributed by atoms with Crippen molar-refractivity contribution in [3.8, 4) is 0 Å². The molecule has 1 fully saturated rings. The summed E-state index contributed by atoms with van der Waals surface area (Å²) in [6.45, 7) is 5.32. The lowest BCUT2D eigenvalue weighted by Gasteiger charge is -2.34. The van der Waals surface area contributed by atoms with Gasteiger partial charge >= 0.3 is 0 Å². The number of pyridine rings is 1. The summed E-state index contributed by atoms with van der Waals surface area (Å²) in [6, 6.07) is 11.9. The van der Waals surface area contributed by atoms with Gasteiger partial charge in [0.2, 0.25) is 5.91 Å². The number of amides is 1. The van der Waals surface area contributed by atoms with Gasteiger partial charge in [0.25, 0.3) is 5.56 Å². The molecule has 1 aromatic heterocycles. The molecule has 5 nitrogen and oxygen atoms in total. The Labute approximate surface area is 142 Å². The highest BCUT2D eigenvalue weighted by Crippen LogP contribution is 2.13. The Balaban J connectivity index is 1.59. The molecule has 0 saturated carbocycles. The zero-order chi connectivity index (χ0) is 17.1. The van der Waals surface area contributed by atoms with Crippen LogP contribution in [0.25, 0.3) is 0 Å².